The number of nitrogens with zero attached hydrogens (tertiary/aromatic N) is 3. The Morgan fingerprint density at radius 2 is 2.07 bits per heavy atom. The van der Waals surface area contributed by atoms with Crippen LogP contribution in [0.15, 0.2) is 34.4 Å². The van der Waals surface area contributed by atoms with Crippen molar-refractivity contribution in [1.29, 1.82) is 0 Å². The van der Waals surface area contributed by atoms with Gasteiger partial charge in [0, 0.05) is 6.42 Å². The second kappa shape index (κ2) is 8.95. The molecule has 2 N–H and O–H groups in total. The van der Waals surface area contributed by atoms with Gasteiger partial charge in [-0.2, -0.15) is 14.6 Å². The number of ether oxygens (including phenoxy) is 1. The molecule has 158 valence electrons. The van der Waals surface area contributed by atoms with Crippen LogP contribution in [-0.2, 0) is 16.0 Å². The first-order valence-electron chi connectivity index (χ1n) is 10.5. The van der Waals surface area contributed by atoms with Gasteiger partial charge >= 0.3 is 0 Å². The molecular weight excluding hydrogens is 400 g/mol. The molecule has 2 aliphatic carbocycles. The smallest absolute Gasteiger partial charge is 0.283 e. The highest BCUT2D eigenvalue weighted by atomic mass is 32.1. The molecule has 1 saturated carbocycles. The number of aromatic nitrogens is 3. The molecule has 2 heterocycles. The Labute approximate surface area is 179 Å². The van der Waals surface area contributed by atoms with Crippen molar-refractivity contribution >= 4 is 34.0 Å². The van der Waals surface area contributed by atoms with Crippen LogP contribution in [-0.4, -0.2) is 27.0 Å². The minimum atomic E-state index is -0.404. The summed E-state index contributed by atoms with van der Waals surface area (Å²) in [5, 5.41) is 5.56. The van der Waals surface area contributed by atoms with E-state index >= 15 is 0 Å². The SMILES string of the molecule is CCOC1=C/C(=C\c2c(N)n3nc(CCC4CCCCC4)sc3nc2=O)C=CC1=O. The van der Waals surface area contributed by atoms with Crippen molar-refractivity contribution in [2.75, 3.05) is 12.3 Å². The van der Waals surface area contributed by atoms with E-state index in [-0.39, 0.29) is 22.9 Å². The molecule has 2 aromatic heterocycles. The summed E-state index contributed by atoms with van der Waals surface area (Å²) in [6.07, 6.45) is 14.9. The Morgan fingerprint density at radius 3 is 2.83 bits per heavy atom. The van der Waals surface area contributed by atoms with Gasteiger partial charge in [-0.3, -0.25) is 9.59 Å². The second-order valence-electron chi connectivity index (χ2n) is 7.73. The number of fused-ring (bicyclic) bond motifs is 1. The van der Waals surface area contributed by atoms with Gasteiger partial charge in [-0.15, -0.1) is 0 Å². The Kier molecular flexibility index (Phi) is 6.13. The fourth-order valence-corrected chi connectivity index (χ4v) is 4.92. The first-order valence-corrected chi connectivity index (χ1v) is 11.3. The van der Waals surface area contributed by atoms with Crippen LogP contribution in [0.1, 0.15) is 56.0 Å². The summed E-state index contributed by atoms with van der Waals surface area (Å²) in [6.45, 7) is 2.20. The molecule has 0 unspecified atom stereocenters. The molecule has 0 atom stereocenters. The third kappa shape index (κ3) is 4.38. The van der Waals surface area contributed by atoms with E-state index in [1.165, 1.54) is 49.5 Å². The number of carbonyl (C=O) groups is 1. The van der Waals surface area contributed by atoms with Crippen LogP contribution in [0.2, 0.25) is 0 Å². The molecule has 0 aromatic carbocycles. The van der Waals surface area contributed by atoms with Gasteiger partial charge in [-0.1, -0.05) is 49.5 Å². The van der Waals surface area contributed by atoms with Crippen molar-refractivity contribution in [3.63, 3.8) is 0 Å². The highest BCUT2D eigenvalue weighted by Crippen LogP contribution is 2.28. The molecule has 0 aliphatic heterocycles. The van der Waals surface area contributed by atoms with E-state index in [2.05, 4.69) is 10.1 Å². The average Bonchev–Trinajstić information content (AvgIpc) is 3.16. The molecule has 1 fully saturated rings. The Hall–Kier alpha value is -2.74. The molecule has 4 rings (SSSR count). The Morgan fingerprint density at radius 1 is 1.27 bits per heavy atom. The van der Waals surface area contributed by atoms with E-state index in [9.17, 15) is 9.59 Å². The van der Waals surface area contributed by atoms with Crippen molar-refractivity contribution < 1.29 is 9.53 Å². The summed E-state index contributed by atoms with van der Waals surface area (Å²) >= 11 is 1.43. The third-order valence-electron chi connectivity index (χ3n) is 5.60. The lowest BCUT2D eigenvalue weighted by molar-refractivity contribution is -0.114. The molecule has 0 radical (unpaired) electrons. The summed E-state index contributed by atoms with van der Waals surface area (Å²) < 4.78 is 6.91. The van der Waals surface area contributed by atoms with E-state index in [0.29, 0.717) is 17.1 Å². The average molecular weight is 427 g/mol. The summed E-state index contributed by atoms with van der Waals surface area (Å²) in [7, 11) is 0. The number of ketones is 1. The van der Waals surface area contributed by atoms with Crippen molar-refractivity contribution in [3.8, 4) is 0 Å². The zero-order valence-corrected chi connectivity index (χ0v) is 17.9. The third-order valence-corrected chi connectivity index (χ3v) is 6.57. The molecule has 8 heteroatoms. The van der Waals surface area contributed by atoms with Gasteiger partial charge < -0.3 is 10.5 Å². The fourth-order valence-electron chi connectivity index (χ4n) is 4.01. The second-order valence-corrected chi connectivity index (χ2v) is 8.77. The van der Waals surface area contributed by atoms with Gasteiger partial charge in [0.2, 0.25) is 10.7 Å². The number of carbonyl (C=O) groups excluding carboxylic acids is 1. The van der Waals surface area contributed by atoms with Crippen LogP contribution in [0.25, 0.3) is 11.0 Å². The number of hydrogen-bond donors (Lipinski definition) is 1. The number of allylic oxidation sites excluding steroid dienone is 4. The lowest BCUT2D eigenvalue weighted by Crippen LogP contribution is -2.17. The van der Waals surface area contributed by atoms with Crippen LogP contribution in [0.3, 0.4) is 0 Å². The molecule has 7 nitrogen and oxygen atoms in total. The molecule has 2 aromatic rings. The minimum absolute atomic E-state index is 0.200. The fraction of sp³-hybridized carbons (Fsp3) is 0.455. The predicted molar refractivity (Wildman–Crippen MR) is 118 cm³/mol. The number of aryl methyl sites for hydroxylation is 1. The number of nitrogens with two attached hydrogens (primary N) is 1. The van der Waals surface area contributed by atoms with E-state index in [1.54, 1.807) is 22.7 Å². The topological polar surface area (TPSA) is 99.6 Å². The van der Waals surface area contributed by atoms with Gasteiger partial charge in [-0.25, -0.2) is 0 Å². The van der Waals surface area contributed by atoms with Gasteiger partial charge in [0.1, 0.15) is 10.8 Å². The van der Waals surface area contributed by atoms with Crippen LogP contribution < -0.4 is 11.3 Å². The van der Waals surface area contributed by atoms with E-state index in [4.69, 9.17) is 10.5 Å². The molecule has 0 amide bonds. The predicted octanol–water partition coefficient (Wildman–Crippen LogP) is 3.69. The number of rotatable bonds is 6. The van der Waals surface area contributed by atoms with Crippen LogP contribution in [0.4, 0.5) is 5.82 Å². The monoisotopic (exact) mass is 426 g/mol. The Bertz CT molecular complexity index is 1100. The number of hydrogen-bond acceptors (Lipinski definition) is 7. The lowest BCUT2D eigenvalue weighted by Gasteiger charge is -2.20. The van der Waals surface area contributed by atoms with Gasteiger partial charge in [0.25, 0.3) is 5.56 Å². The van der Waals surface area contributed by atoms with E-state index < -0.39 is 5.56 Å². The highest BCUT2D eigenvalue weighted by molar-refractivity contribution is 7.16. The van der Waals surface area contributed by atoms with Crippen LogP contribution in [0.5, 0.6) is 0 Å². The van der Waals surface area contributed by atoms with E-state index in [0.717, 1.165) is 23.8 Å². The maximum atomic E-state index is 12.6. The summed E-state index contributed by atoms with van der Waals surface area (Å²) in [5.41, 5.74) is 6.80. The first kappa shape index (κ1) is 20.5. The summed E-state index contributed by atoms with van der Waals surface area (Å²) in [6, 6.07) is 0. The van der Waals surface area contributed by atoms with E-state index in [1.807, 2.05) is 6.92 Å². The minimum Gasteiger partial charge on any atom is -0.490 e. The van der Waals surface area contributed by atoms with Crippen molar-refractivity contribution in [1.82, 2.24) is 14.6 Å². The zero-order valence-electron chi connectivity index (χ0n) is 17.1. The number of anilines is 1. The van der Waals surface area contributed by atoms with Crippen LogP contribution in [0, 0.1) is 5.92 Å². The maximum Gasteiger partial charge on any atom is 0.283 e. The molecule has 30 heavy (non-hydrogen) atoms. The van der Waals surface area contributed by atoms with Crippen molar-refractivity contribution in [3.05, 3.63) is 50.5 Å². The zero-order chi connectivity index (χ0) is 21.1. The quantitative estimate of drug-likeness (QED) is 0.756. The largest absolute Gasteiger partial charge is 0.490 e. The van der Waals surface area contributed by atoms with Gasteiger partial charge in [0.05, 0.1) is 12.2 Å². The van der Waals surface area contributed by atoms with Crippen LogP contribution >= 0.6 is 11.3 Å². The highest BCUT2D eigenvalue weighted by Gasteiger charge is 2.18. The normalized spacial score (nSPS) is 18.9. The lowest BCUT2D eigenvalue weighted by atomic mass is 9.86. The number of nitrogen functional groups attached to an aromatic ring is 1. The maximum absolute atomic E-state index is 12.6. The first-order chi connectivity index (χ1) is 14.5. The van der Waals surface area contributed by atoms with Crippen molar-refractivity contribution in [2.24, 2.45) is 5.92 Å². The molecule has 2 aliphatic rings. The van der Waals surface area contributed by atoms with Gasteiger partial charge in [-0.05, 0) is 43.1 Å². The molecule has 0 bridgehead atoms. The molecule has 0 saturated heterocycles. The molecule has 0 spiro atoms. The Balaban J connectivity index is 1.61. The summed E-state index contributed by atoms with van der Waals surface area (Å²) in [5.74, 6) is 1.07. The standard InChI is InChI=1S/C22H26N4O3S/c1-2-29-18-13-15(8-10-17(18)27)12-16-20(23)26-22(24-21(16)28)30-19(25-26)11-9-14-6-4-3-5-7-14/h8,10,12-14H,2-7,9,11,23H2,1H3/b15-12-. The summed E-state index contributed by atoms with van der Waals surface area (Å²) in [4.78, 5) is 29.1. The van der Waals surface area contributed by atoms with Gasteiger partial charge in [0.15, 0.2) is 5.76 Å². The molecular formula is C22H26N4O3S. The van der Waals surface area contributed by atoms with Crippen molar-refractivity contribution in [2.45, 2.75) is 51.9 Å².